The van der Waals surface area contributed by atoms with E-state index in [0.29, 0.717) is 24.2 Å². The Hall–Kier alpha value is -0.640. The Morgan fingerprint density at radius 2 is 2.25 bits per heavy atom. The highest BCUT2D eigenvalue weighted by atomic mass is 35.5. The van der Waals surface area contributed by atoms with Crippen LogP contribution in [-0.2, 0) is 11.3 Å². The van der Waals surface area contributed by atoms with E-state index in [2.05, 4.69) is 12.2 Å². The molecule has 1 unspecified atom stereocenters. The maximum Gasteiger partial charge on any atom is 0.123 e. The molecule has 2 nitrogen and oxygen atoms in total. The van der Waals surface area contributed by atoms with Gasteiger partial charge >= 0.3 is 0 Å². The van der Waals surface area contributed by atoms with Gasteiger partial charge in [-0.3, -0.25) is 0 Å². The number of ether oxygens (including phenoxy) is 1. The van der Waals surface area contributed by atoms with Crippen molar-refractivity contribution < 1.29 is 9.13 Å². The summed E-state index contributed by atoms with van der Waals surface area (Å²) < 4.78 is 17.9. The summed E-state index contributed by atoms with van der Waals surface area (Å²) in [6.07, 6.45) is 0.920. The zero-order valence-corrected chi connectivity index (χ0v) is 10.4. The second kappa shape index (κ2) is 6.84. The van der Waals surface area contributed by atoms with E-state index in [-0.39, 0.29) is 5.82 Å². The minimum absolute atomic E-state index is 0.259. The van der Waals surface area contributed by atoms with Crippen molar-refractivity contribution in [3.8, 4) is 0 Å². The van der Waals surface area contributed by atoms with Gasteiger partial charge in [-0.2, -0.15) is 0 Å². The lowest BCUT2D eigenvalue weighted by Crippen LogP contribution is -2.26. The normalized spacial score (nSPS) is 12.8. The fourth-order valence-corrected chi connectivity index (χ4v) is 1.54. The van der Waals surface area contributed by atoms with Gasteiger partial charge in [0, 0.05) is 31.3 Å². The quantitative estimate of drug-likeness (QED) is 0.832. The Bertz CT molecular complexity index is 333. The summed E-state index contributed by atoms with van der Waals surface area (Å²) in [7, 11) is 1.68. The van der Waals surface area contributed by atoms with Crippen LogP contribution in [-0.4, -0.2) is 19.8 Å². The topological polar surface area (TPSA) is 21.3 Å². The summed E-state index contributed by atoms with van der Waals surface area (Å²) >= 11 is 5.95. The second-order valence-corrected chi connectivity index (χ2v) is 4.21. The summed E-state index contributed by atoms with van der Waals surface area (Å²) in [4.78, 5) is 0. The lowest BCUT2D eigenvalue weighted by Gasteiger charge is -2.13. The van der Waals surface area contributed by atoms with Crippen molar-refractivity contribution in [3.63, 3.8) is 0 Å². The molecule has 1 atom stereocenters. The summed E-state index contributed by atoms with van der Waals surface area (Å²) in [5, 5.41) is 3.86. The molecule has 0 radical (unpaired) electrons. The van der Waals surface area contributed by atoms with Gasteiger partial charge in [-0.1, -0.05) is 11.6 Å². The molecule has 0 fully saturated rings. The number of benzene rings is 1. The van der Waals surface area contributed by atoms with Crippen LogP contribution in [0.2, 0.25) is 5.02 Å². The van der Waals surface area contributed by atoms with Gasteiger partial charge in [-0.15, -0.1) is 0 Å². The van der Waals surface area contributed by atoms with Crippen LogP contribution in [0.25, 0.3) is 0 Å². The zero-order valence-electron chi connectivity index (χ0n) is 9.59. The van der Waals surface area contributed by atoms with Crippen LogP contribution in [0.3, 0.4) is 0 Å². The number of rotatable bonds is 6. The molecule has 0 aliphatic rings. The first-order chi connectivity index (χ1) is 7.63. The molecular formula is C12H17ClFNO. The third-order valence-corrected chi connectivity index (χ3v) is 2.77. The molecule has 0 amide bonds. The Kier molecular flexibility index (Phi) is 5.74. The molecule has 16 heavy (non-hydrogen) atoms. The van der Waals surface area contributed by atoms with Crippen molar-refractivity contribution in [1.82, 2.24) is 5.32 Å². The fraction of sp³-hybridized carbons (Fsp3) is 0.500. The molecule has 1 aromatic rings. The fourth-order valence-electron chi connectivity index (χ4n) is 1.36. The highest BCUT2D eigenvalue weighted by Crippen LogP contribution is 2.16. The highest BCUT2D eigenvalue weighted by Gasteiger charge is 2.05. The summed E-state index contributed by atoms with van der Waals surface area (Å²) in [6.45, 7) is 3.35. The Balaban J connectivity index is 2.44. The molecule has 4 heteroatoms. The van der Waals surface area contributed by atoms with Crippen molar-refractivity contribution >= 4 is 11.6 Å². The number of nitrogens with one attached hydrogen (secondary N) is 1. The molecule has 0 aliphatic carbocycles. The third-order valence-electron chi connectivity index (χ3n) is 2.40. The monoisotopic (exact) mass is 245 g/mol. The smallest absolute Gasteiger partial charge is 0.123 e. The van der Waals surface area contributed by atoms with Gasteiger partial charge in [0.2, 0.25) is 0 Å². The van der Waals surface area contributed by atoms with E-state index in [1.807, 2.05) is 0 Å². The first kappa shape index (κ1) is 13.4. The maximum absolute atomic E-state index is 13.0. The van der Waals surface area contributed by atoms with Gasteiger partial charge in [0.15, 0.2) is 0 Å². The zero-order chi connectivity index (χ0) is 12.0. The molecule has 0 aromatic heterocycles. The molecule has 0 saturated carbocycles. The minimum Gasteiger partial charge on any atom is -0.385 e. The number of hydrogen-bond acceptors (Lipinski definition) is 2. The predicted molar refractivity (Wildman–Crippen MR) is 64.2 cm³/mol. The van der Waals surface area contributed by atoms with Crippen LogP contribution in [0.5, 0.6) is 0 Å². The van der Waals surface area contributed by atoms with Crippen molar-refractivity contribution in [2.24, 2.45) is 0 Å². The Morgan fingerprint density at radius 1 is 1.50 bits per heavy atom. The van der Waals surface area contributed by atoms with Crippen LogP contribution >= 0.6 is 11.6 Å². The summed E-state index contributed by atoms with van der Waals surface area (Å²) in [6, 6.07) is 4.71. The SMILES string of the molecule is COCCC(C)NCc1cc(F)ccc1Cl. The van der Waals surface area contributed by atoms with Crippen LogP contribution in [0.4, 0.5) is 4.39 Å². The van der Waals surface area contributed by atoms with Gasteiger partial charge in [0.1, 0.15) is 5.82 Å². The second-order valence-electron chi connectivity index (χ2n) is 3.80. The predicted octanol–water partition coefficient (Wildman–Crippen LogP) is 2.99. The van der Waals surface area contributed by atoms with E-state index in [9.17, 15) is 4.39 Å². The lowest BCUT2D eigenvalue weighted by atomic mass is 10.2. The summed E-state index contributed by atoms with van der Waals surface area (Å²) in [5.74, 6) is -0.259. The average molecular weight is 246 g/mol. The Labute approximate surface area is 101 Å². The molecule has 0 bridgehead atoms. The van der Waals surface area contributed by atoms with Gasteiger partial charge in [0.05, 0.1) is 0 Å². The number of hydrogen-bond donors (Lipinski definition) is 1. The molecule has 1 N–H and O–H groups in total. The molecular weight excluding hydrogens is 229 g/mol. The molecule has 0 saturated heterocycles. The first-order valence-corrected chi connectivity index (χ1v) is 5.67. The van der Waals surface area contributed by atoms with Gasteiger partial charge in [-0.25, -0.2) is 4.39 Å². The maximum atomic E-state index is 13.0. The van der Waals surface area contributed by atoms with Gasteiger partial charge < -0.3 is 10.1 Å². The van der Waals surface area contributed by atoms with Crippen LogP contribution < -0.4 is 5.32 Å². The van der Waals surface area contributed by atoms with E-state index in [1.165, 1.54) is 12.1 Å². The molecule has 1 aromatic carbocycles. The highest BCUT2D eigenvalue weighted by molar-refractivity contribution is 6.31. The Morgan fingerprint density at radius 3 is 2.94 bits per heavy atom. The van der Waals surface area contributed by atoms with Crippen molar-refractivity contribution in [2.75, 3.05) is 13.7 Å². The van der Waals surface area contributed by atoms with Crippen LogP contribution in [0.15, 0.2) is 18.2 Å². The minimum atomic E-state index is -0.259. The first-order valence-electron chi connectivity index (χ1n) is 5.29. The molecule has 0 aliphatic heterocycles. The van der Waals surface area contributed by atoms with Crippen molar-refractivity contribution in [1.29, 1.82) is 0 Å². The van der Waals surface area contributed by atoms with E-state index >= 15 is 0 Å². The number of methoxy groups -OCH3 is 1. The molecule has 0 spiro atoms. The van der Waals surface area contributed by atoms with E-state index in [0.717, 1.165) is 12.0 Å². The third kappa shape index (κ3) is 4.47. The van der Waals surface area contributed by atoms with E-state index in [4.69, 9.17) is 16.3 Å². The largest absolute Gasteiger partial charge is 0.385 e. The average Bonchev–Trinajstić information content (AvgIpc) is 2.27. The molecule has 0 heterocycles. The van der Waals surface area contributed by atoms with Crippen molar-refractivity contribution in [3.05, 3.63) is 34.6 Å². The van der Waals surface area contributed by atoms with E-state index in [1.54, 1.807) is 13.2 Å². The summed E-state index contributed by atoms with van der Waals surface area (Å²) in [5.41, 5.74) is 0.783. The molecule has 1 rings (SSSR count). The van der Waals surface area contributed by atoms with Gasteiger partial charge in [-0.05, 0) is 37.1 Å². The van der Waals surface area contributed by atoms with Gasteiger partial charge in [0.25, 0.3) is 0 Å². The van der Waals surface area contributed by atoms with E-state index < -0.39 is 0 Å². The van der Waals surface area contributed by atoms with Crippen LogP contribution in [0.1, 0.15) is 18.9 Å². The van der Waals surface area contributed by atoms with Crippen molar-refractivity contribution in [2.45, 2.75) is 25.9 Å². The molecule has 90 valence electrons. The number of halogens is 2. The lowest BCUT2D eigenvalue weighted by molar-refractivity contribution is 0.184. The standard InChI is InChI=1S/C12H17ClFNO/c1-9(5-6-16-2)15-8-10-7-11(14)3-4-12(10)13/h3-4,7,9,15H,5-6,8H2,1-2H3. The van der Waals surface area contributed by atoms with Crippen LogP contribution in [0, 0.1) is 5.82 Å².